The third-order valence-corrected chi connectivity index (χ3v) is 2.67. The number of rotatable bonds is 3. The molecule has 0 heterocycles. The average molecular weight is 219 g/mol. The summed E-state index contributed by atoms with van der Waals surface area (Å²) in [4.78, 5) is 13.6. The van der Waals surface area contributed by atoms with E-state index in [1.165, 1.54) is 0 Å². The normalized spacial score (nSPS) is 14.7. The number of ether oxygens (including phenoxy) is 1. The maximum Gasteiger partial charge on any atom is 0.257 e. The van der Waals surface area contributed by atoms with Gasteiger partial charge in [0.15, 0.2) is 0 Å². The molecule has 1 saturated carbocycles. The quantitative estimate of drug-likeness (QED) is 0.780. The van der Waals surface area contributed by atoms with E-state index in [9.17, 15) is 4.79 Å². The molecule has 1 aromatic rings. The second kappa shape index (κ2) is 4.16. The molecule has 86 valence electrons. The Morgan fingerprint density at radius 1 is 1.38 bits per heavy atom. The van der Waals surface area contributed by atoms with Gasteiger partial charge in [-0.2, -0.15) is 0 Å². The van der Waals surface area contributed by atoms with Gasteiger partial charge in [0.2, 0.25) is 0 Å². The first-order chi connectivity index (χ1) is 7.59. The predicted molar refractivity (Wildman–Crippen MR) is 62.8 cm³/mol. The first kappa shape index (κ1) is 11.0. The highest BCUT2D eigenvalue weighted by Crippen LogP contribution is 2.30. The molecule has 0 unspecified atom stereocenters. The first-order valence-corrected chi connectivity index (χ1v) is 5.57. The van der Waals surface area contributed by atoms with Crippen molar-refractivity contribution in [1.29, 1.82) is 0 Å². The average Bonchev–Trinajstić information content (AvgIpc) is 3.01. The van der Waals surface area contributed by atoms with E-state index in [1.807, 2.05) is 25.1 Å². The Bertz CT molecular complexity index is 408. The van der Waals surface area contributed by atoms with E-state index in [-0.39, 0.29) is 5.91 Å². The standard InChI is InChI=1S/C13H17NO2/c1-9-5-4-6-11(16-10-7-8-10)12(9)13(15)14(2)3/h4-6,10H,7-8H2,1-3H3. The molecule has 1 amide bonds. The lowest BCUT2D eigenvalue weighted by molar-refractivity contribution is 0.0822. The molecule has 0 aliphatic heterocycles. The van der Waals surface area contributed by atoms with E-state index in [4.69, 9.17) is 4.74 Å². The summed E-state index contributed by atoms with van der Waals surface area (Å²) >= 11 is 0. The maximum absolute atomic E-state index is 12.0. The van der Waals surface area contributed by atoms with Crippen molar-refractivity contribution in [3.8, 4) is 5.75 Å². The fourth-order valence-electron chi connectivity index (χ4n) is 1.60. The van der Waals surface area contributed by atoms with Crippen LogP contribution in [-0.4, -0.2) is 31.0 Å². The van der Waals surface area contributed by atoms with Crippen LogP contribution < -0.4 is 4.74 Å². The van der Waals surface area contributed by atoms with Crippen LogP contribution in [0.5, 0.6) is 5.75 Å². The van der Waals surface area contributed by atoms with Gasteiger partial charge in [0, 0.05) is 14.1 Å². The van der Waals surface area contributed by atoms with Gasteiger partial charge in [0.05, 0.1) is 11.7 Å². The number of amides is 1. The van der Waals surface area contributed by atoms with Crippen LogP contribution in [0.15, 0.2) is 18.2 Å². The molecule has 1 aliphatic rings. The van der Waals surface area contributed by atoms with Crippen LogP contribution in [0.1, 0.15) is 28.8 Å². The van der Waals surface area contributed by atoms with Gasteiger partial charge in [-0.05, 0) is 31.4 Å². The van der Waals surface area contributed by atoms with Crippen LogP contribution in [-0.2, 0) is 0 Å². The predicted octanol–water partition coefficient (Wildman–Crippen LogP) is 2.24. The molecule has 1 aromatic carbocycles. The van der Waals surface area contributed by atoms with Gasteiger partial charge in [-0.3, -0.25) is 4.79 Å². The van der Waals surface area contributed by atoms with Crippen molar-refractivity contribution in [3.63, 3.8) is 0 Å². The third kappa shape index (κ3) is 2.18. The smallest absolute Gasteiger partial charge is 0.257 e. The number of hydrogen-bond acceptors (Lipinski definition) is 2. The van der Waals surface area contributed by atoms with Gasteiger partial charge in [-0.1, -0.05) is 12.1 Å². The second-order valence-corrected chi connectivity index (χ2v) is 4.46. The lowest BCUT2D eigenvalue weighted by atomic mass is 10.1. The molecular formula is C13H17NO2. The molecule has 0 N–H and O–H groups in total. The molecule has 0 aromatic heterocycles. The van der Waals surface area contributed by atoms with Crippen LogP contribution >= 0.6 is 0 Å². The number of carbonyl (C=O) groups is 1. The molecule has 16 heavy (non-hydrogen) atoms. The van der Waals surface area contributed by atoms with Crippen molar-refractivity contribution in [1.82, 2.24) is 4.90 Å². The summed E-state index contributed by atoms with van der Waals surface area (Å²) in [6.45, 7) is 1.94. The summed E-state index contributed by atoms with van der Waals surface area (Å²) in [5, 5.41) is 0. The van der Waals surface area contributed by atoms with Gasteiger partial charge < -0.3 is 9.64 Å². The van der Waals surface area contributed by atoms with Crippen LogP contribution in [0.3, 0.4) is 0 Å². The summed E-state index contributed by atoms with van der Waals surface area (Å²) in [5.41, 5.74) is 1.66. The third-order valence-electron chi connectivity index (χ3n) is 2.67. The van der Waals surface area contributed by atoms with Gasteiger partial charge in [-0.15, -0.1) is 0 Å². The number of carbonyl (C=O) groups excluding carboxylic acids is 1. The summed E-state index contributed by atoms with van der Waals surface area (Å²) in [7, 11) is 3.52. The molecular weight excluding hydrogens is 202 g/mol. The van der Waals surface area contributed by atoms with Crippen LogP contribution in [0, 0.1) is 6.92 Å². The lowest BCUT2D eigenvalue weighted by Gasteiger charge is -2.16. The SMILES string of the molecule is Cc1cccc(OC2CC2)c1C(=O)N(C)C. The molecule has 0 spiro atoms. The topological polar surface area (TPSA) is 29.5 Å². The van der Waals surface area contributed by atoms with Crippen molar-refractivity contribution in [2.24, 2.45) is 0 Å². The Kier molecular flexibility index (Phi) is 2.86. The van der Waals surface area contributed by atoms with Gasteiger partial charge in [0.25, 0.3) is 5.91 Å². The number of benzene rings is 1. The number of nitrogens with zero attached hydrogens (tertiary/aromatic N) is 1. The Balaban J connectivity index is 2.35. The van der Waals surface area contributed by atoms with E-state index in [2.05, 4.69) is 0 Å². The molecule has 1 fully saturated rings. The van der Waals surface area contributed by atoms with E-state index in [0.717, 1.165) is 24.2 Å². The molecule has 0 atom stereocenters. The highest BCUT2D eigenvalue weighted by molar-refractivity contribution is 5.98. The molecule has 2 rings (SSSR count). The fraction of sp³-hybridized carbons (Fsp3) is 0.462. The van der Waals surface area contributed by atoms with E-state index < -0.39 is 0 Å². The maximum atomic E-state index is 12.0. The zero-order chi connectivity index (χ0) is 11.7. The number of aryl methyl sites for hydroxylation is 1. The molecule has 1 aliphatic carbocycles. The van der Waals surface area contributed by atoms with Crippen molar-refractivity contribution < 1.29 is 9.53 Å². The van der Waals surface area contributed by atoms with Gasteiger partial charge in [0.1, 0.15) is 5.75 Å². The molecule has 3 nitrogen and oxygen atoms in total. The van der Waals surface area contributed by atoms with Gasteiger partial charge >= 0.3 is 0 Å². The zero-order valence-corrected chi connectivity index (χ0v) is 9.99. The summed E-state index contributed by atoms with van der Waals surface area (Å²) in [6.07, 6.45) is 2.52. The van der Waals surface area contributed by atoms with E-state index >= 15 is 0 Å². The Morgan fingerprint density at radius 3 is 2.62 bits per heavy atom. The van der Waals surface area contributed by atoms with Crippen molar-refractivity contribution in [3.05, 3.63) is 29.3 Å². The largest absolute Gasteiger partial charge is 0.490 e. The highest BCUT2D eigenvalue weighted by Gasteiger charge is 2.26. The molecule has 3 heteroatoms. The summed E-state index contributed by atoms with van der Waals surface area (Å²) < 4.78 is 5.76. The minimum atomic E-state index is 0.00810. The van der Waals surface area contributed by atoms with Crippen molar-refractivity contribution >= 4 is 5.91 Å². The summed E-state index contributed by atoms with van der Waals surface area (Å²) in [6, 6.07) is 5.75. The monoisotopic (exact) mass is 219 g/mol. The van der Waals surface area contributed by atoms with Gasteiger partial charge in [-0.25, -0.2) is 0 Å². The van der Waals surface area contributed by atoms with Crippen molar-refractivity contribution in [2.45, 2.75) is 25.9 Å². The fourth-order valence-corrected chi connectivity index (χ4v) is 1.60. The Labute approximate surface area is 96.0 Å². The van der Waals surface area contributed by atoms with E-state index in [0.29, 0.717) is 11.7 Å². The lowest BCUT2D eigenvalue weighted by Crippen LogP contribution is -2.23. The Hall–Kier alpha value is -1.51. The molecule has 0 bridgehead atoms. The molecule has 0 radical (unpaired) electrons. The minimum Gasteiger partial charge on any atom is -0.490 e. The van der Waals surface area contributed by atoms with E-state index in [1.54, 1.807) is 19.0 Å². The zero-order valence-electron chi connectivity index (χ0n) is 9.99. The number of hydrogen-bond donors (Lipinski definition) is 0. The summed E-state index contributed by atoms with van der Waals surface area (Å²) in [5.74, 6) is 0.731. The van der Waals surface area contributed by atoms with Crippen LogP contribution in [0.4, 0.5) is 0 Å². The minimum absolute atomic E-state index is 0.00810. The van der Waals surface area contributed by atoms with Crippen molar-refractivity contribution in [2.75, 3.05) is 14.1 Å². The van der Waals surface area contributed by atoms with Crippen LogP contribution in [0.2, 0.25) is 0 Å². The second-order valence-electron chi connectivity index (χ2n) is 4.46. The Morgan fingerprint density at radius 2 is 2.06 bits per heavy atom. The van der Waals surface area contributed by atoms with Crippen LogP contribution in [0.25, 0.3) is 0 Å². The first-order valence-electron chi connectivity index (χ1n) is 5.57. The molecule has 0 saturated heterocycles. The highest BCUT2D eigenvalue weighted by atomic mass is 16.5.